The lowest BCUT2D eigenvalue weighted by Gasteiger charge is -2.28. The van der Waals surface area contributed by atoms with Crippen LogP contribution in [0.1, 0.15) is 206 Å². The maximum Gasteiger partial charge on any atom is 0.306 e. The van der Waals surface area contributed by atoms with Gasteiger partial charge in [0.2, 0.25) is 0 Å². The van der Waals surface area contributed by atoms with E-state index >= 15 is 0 Å². The average Bonchev–Trinajstić information content (AvgIpc) is 3.34. The number of phosphoric acid groups is 1. The van der Waals surface area contributed by atoms with Crippen LogP contribution in [0.15, 0.2) is 122 Å². The Morgan fingerprint density at radius 1 is 0.444 bits per heavy atom. The molecule has 0 fully saturated rings. The van der Waals surface area contributed by atoms with E-state index in [1.54, 1.807) is 0 Å². The summed E-state index contributed by atoms with van der Waals surface area (Å²) < 4.78 is 34.1. The van der Waals surface area contributed by atoms with Crippen molar-refractivity contribution in [1.29, 1.82) is 0 Å². The quantitative estimate of drug-likeness (QED) is 0.0195. The average molecular weight is 1020 g/mol. The van der Waals surface area contributed by atoms with E-state index in [1.807, 2.05) is 21.1 Å². The molecule has 0 N–H and O–H groups in total. The van der Waals surface area contributed by atoms with E-state index in [-0.39, 0.29) is 26.1 Å². The van der Waals surface area contributed by atoms with E-state index in [0.29, 0.717) is 23.9 Å². The van der Waals surface area contributed by atoms with Gasteiger partial charge in [-0.3, -0.25) is 14.2 Å². The first-order valence-electron chi connectivity index (χ1n) is 28.2. The van der Waals surface area contributed by atoms with Crippen molar-refractivity contribution >= 4 is 19.8 Å². The molecule has 0 aliphatic rings. The molecule has 0 aromatic rings. The van der Waals surface area contributed by atoms with Gasteiger partial charge in [0, 0.05) is 12.8 Å². The summed E-state index contributed by atoms with van der Waals surface area (Å²) >= 11 is 0. The highest BCUT2D eigenvalue weighted by atomic mass is 31.2. The number of unbranched alkanes of at least 4 members (excludes halogenated alkanes) is 16. The number of likely N-dealkylation sites (N-methyl/N-ethyl adjacent to an activating group) is 1. The van der Waals surface area contributed by atoms with Crippen molar-refractivity contribution in [2.24, 2.45) is 0 Å². The Hall–Kier alpha value is -3.59. The molecule has 0 aromatic heterocycles. The topological polar surface area (TPSA) is 111 Å². The molecular formula is C62H104NO8P. The number of rotatable bonds is 50. The Labute approximate surface area is 441 Å². The lowest BCUT2D eigenvalue weighted by Crippen LogP contribution is -2.37. The molecule has 10 heteroatoms. The zero-order valence-corrected chi connectivity index (χ0v) is 47.2. The monoisotopic (exact) mass is 1020 g/mol. The molecule has 0 heterocycles. The summed E-state index contributed by atoms with van der Waals surface area (Å²) in [6.45, 7) is 4.05. The molecule has 410 valence electrons. The van der Waals surface area contributed by atoms with Crippen LogP contribution in [0.5, 0.6) is 0 Å². The second kappa shape index (κ2) is 52.3. The van der Waals surface area contributed by atoms with Crippen LogP contribution < -0.4 is 4.89 Å². The maximum atomic E-state index is 12.8. The molecule has 0 bridgehead atoms. The normalized spacial score (nSPS) is 14.2. The SMILES string of the molecule is CC/C=C\C/C=C\C/C=C\C/C=C\C/C=C\C/C=C\C/C=C\CCCCCC(=O)OC(COC(=O)CCCCCCCCCC/C=C\C/C=C\C/C=C\CCCCCCC)COP(=O)([O-])OCC[N+](C)(C)C. The third kappa shape index (κ3) is 55.7. The van der Waals surface area contributed by atoms with Crippen LogP contribution >= 0.6 is 7.82 Å². The predicted octanol–water partition coefficient (Wildman–Crippen LogP) is 17.0. The summed E-state index contributed by atoms with van der Waals surface area (Å²) in [5.41, 5.74) is 0. The number of phosphoric ester groups is 1. The molecular weight excluding hydrogens is 918 g/mol. The standard InChI is InChI=1S/C62H104NO8P/c1-6-8-10-12-14-16-18-20-22-24-26-28-30-31-33-35-37-39-41-43-45-47-49-51-53-55-62(65)71-60(59-70-72(66,67)69-57-56-63(3,4)5)58-68-61(64)54-52-50-48-46-44-42-40-38-36-34-32-29-27-25-23-21-19-17-15-13-11-9-7-2/h8,10,14,16,19-22,25-28,31-34,37,39,43,45,60H,6-7,9,11-13,15,17-18,23-24,29-30,35-36,38,40-42,44,46-59H2,1-5H3/b10-8-,16-14-,21-19-,22-20-,27-25-,28-26-,33-31-,34-32-,39-37-,45-43-. The number of quaternary nitrogens is 1. The zero-order chi connectivity index (χ0) is 52.7. The third-order valence-electron chi connectivity index (χ3n) is 11.5. The van der Waals surface area contributed by atoms with Gasteiger partial charge in [-0.1, -0.05) is 206 Å². The van der Waals surface area contributed by atoms with Gasteiger partial charge in [0.1, 0.15) is 19.8 Å². The smallest absolute Gasteiger partial charge is 0.306 e. The highest BCUT2D eigenvalue weighted by Gasteiger charge is 2.21. The summed E-state index contributed by atoms with van der Waals surface area (Å²) in [5, 5.41) is 0. The first kappa shape index (κ1) is 68.4. The van der Waals surface area contributed by atoms with Gasteiger partial charge in [0.05, 0.1) is 27.7 Å². The van der Waals surface area contributed by atoms with Gasteiger partial charge >= 0.3 is 11.9 Å². The van der Waals surface area contributed by atoms with E-state index in [9.17, 15) is 19.0 Å². The van der Waals surface area contributed by atoms with Crippen LogP contribution in [-0.4, -0.2) is 70.0 Å². The molecule has 0 aliphatic carbocycles. The largest absolute Gasteiger partial charge is 0.756 e. The number of carbonyl (C=O) groups is 2. The summed E-state index contributed by atoms with van der Waals surface area (Å²) in [5.74, 6) is -0.889. The van der Waals surface area contributed by atoms with E-state index < -0.39 is 32.5 Å². The fraction of sp³-hybridized carbons (Fsp3) is 0.645. The Kier molecular flexibility index (Phi) is 49.7. The van der Waals surface area contributed by atoms with Crippen LogP contribution in [0, 0.1) is 0 Å². The number of nitrogens with zero attached hydrogens (tertiary/aromatic N) is 1. The Balaban J connectivity index is 4.33. The molecule has 0 saturated carbocycles. The van der Waals surface area contributed by atoms with Crippen LogP contribution in [0.3, 0.4) is 0 Å². The van der Waals surface area contributed by atoms with E-state index in [0.717, 1.165) is 103 Å². The second-order valence-electron chi connectivity index (χ2n) is 19.6. The lowest BCUT2D eigenvalue weighted by atomic mass is 10.1. The fourth-order valence-corrected chi connectivity index (χ4v) is 7.84. The summed E-state index contributed by atoms with van der Waals surface area (Å²) in [4.78, 5) is 37.8. The third-order valence-corrected chi connectivity index (χ3v) is 12.4. The van der Waals surface area contributed by atoms with Crippen molar-refractivity contribution in [2.75, 3.05) is 47.5 Å². The Morgan fingerprint density at radius 3 is 1.19 bits per heavy atom. The maximum absolute atomic E-state index is 12.8. The molecule has 0 radical (unpaired) electrons. The number of hydrogen-bond acceptors (Lipinski definition) is 8. The van der Waals surface area contributed by atoms with Crippen molar-refractivity contribution in [3.63, 3.8) is 0 Å². The molecule has 2 unspecified atom stereocenters. The summed E-state index contributed by atoms with van der Waals surface area (Å²) in [7, 11) is 1.12. The van der Waals surface area contributed by atoms with Gasteiger partial charge < -0.3 is 27.9 Å². The minimum absolute atomic E-state index is 0.0463. The van der Waals surface area contributed by atoms with Crippen molar-refractivity contribution in [3.05, 3.63) is 122 Å². The minimum Gasteiger partial charge on any atom is -0.756 e. The van der Waals surface area contributed by atoms with Crippen LogP contribution in [0.25, 0.3) is 0 Å². The molecule has 0 aliphatic heterocycles. The molecule has 2 atom stereocenters. The first-order chi connectivity index (χ1) is 35.0. The molecule has 0 spiro atoms. The first-order valence-corrected chi connectivity index (χ1v) is 29.7. The van der Waals surface area contributed by atoms with Gasteiger partial charge in [0.15, 0.2) is 6.10 Å². The molecule has 9 nitrogen and oxygen atoms in total. The highest BCUT2D eigenvalue weighted by molar-refractivity contribution is 7.45. The Morgan fingerprint density at radius 2 is 0.792 bits per heavy atom. The predicted molar refractivity (Wildman–Crippen MR) is 305 cm³/mol. The van der Waals surface area contributed by atoms with Gasteiger partial charge in [-0.05, 0) is 109 Å². The van der Waals surface area contributed by atoms with Crippen molar-refractivity contribution < 1.29 is 42.1 Å². The number of allylic oxidation sites excluding steroid dienone is 20. The Bertz CT molecular complexity index is 1630. The molecule has 0 aromatic carbocycles. The second-order valence-corrected chi connectivity index (χ2v) is 21.0. The van der Waals surface area contributed by atoms with Crippen molar-refractivity contribution in [2.45, 2.75) is 213 Å². The number of esters is 2. The molecule has 0 amide bonds. The van der Waals surface area contributed by atoms with Gasteiger partial charge in [-0.25, -0.2) is 0 Å². The fourth-order valence-electron chi connectivity index (χ4n) is 7.11. The van der Waals surface area contributed by atoms with E-state index in [2.05, 4.69) is 135 Å². The molecule has 72 heavy (non-hydrogen) atoms. The van der Waals surface area contributed by atoms with Crippen LogP contribution in [0.4, 0.5) is 0 Å². The van der Waals surface area contributed by atoms with Crippen molar-refractivity contribution in [1.82, 2.24) is 0 Å². The highest BCUT2D eigenvalue weighted by Crippen LogP contribution is 2.38. The zero-order valence-electron chi connectivity index (χ0n) is 46.3. The van der Waals surface area contributed by atoms with Gasteiger partial charge in [0.25, 0.3) is 7.82 Å². The lowest BCUT2D eigenvalue weighted by molar-refractivity contribution is -0.870. The van der Waals surface area contributed by atoms with Gasteiger partial charge in [-0.2, -0.15) is 0 Å². The number of hydrogen-bond donors (Lipinski definition) is 0. The number of carbonyl (C=O) groups excluding carboxylic acids is 2. The summed E-state index contributed by atoms with van der Waals surface area (Å²) in [6.07, 6.45) is 73.8. The van der Waals surface area contributed by atoms with Gasteiger partial charge in [-0.15, -0.1) is 0 Å². The minimum atomic E-state index is -4.66. The van der Waals surface area contributed by atoms with Crippen molar-refractivity contribution in [3.8, 4) is 0 Å². The van der Waals surface area contributed by atoms with E-state index in [4.69, 9.17) is 18.5 Å². The van der Waals surface area contributed by atoms with Crippen LogP contribution in [-0.2, 0) is 32.7 Å². The number of ether oxygens (including phenoxy) is 2. The van der Waals surface area contributed by atoms with E-state index in [1.165, 1.54) is 64.2 Å². The molecule has 0 rings (SSSR count). The van der Waals surface area contributed by atoms with Crippen LogP contribution in [0.2, 0.25) is 0 Å². The molecule has 0 saturated heterocycles. The summed E-state index contributed by atoms with van der Waals surface area (Å²) in [6, 6.07) is 0.